The first-order valence-corrected chi connectivity index (χ1v) is 14.0. The Labute approximate surface area is 248 Å². The topological polar surface area (TPSA) is 128 Å². The number of piperidine rings is 1. The number of likely N-dealkylation sites (tertiary alicyclic amines) is 1. The monoisotopic (exact) mass is 595 g/mol. The van der Waals surface area contributed by atoms with E-state index in [1.165, 1.54) is 23.5 Å². The summed E-state index contributed by atoms with van der Waals surface area (Å²) in [6, 6.07) is 8.65. The number of carbonyl (C=O) groups is 2. The van der Waals surface area contributed by atoms with Crippen LogP contribution in [-0.2, 0) is 16.0 Å². The number of amides is 2. The molecule has 0 saturated carbocycles. The summed E-state index contributed by atoms with van der Waals surface area (Å²) in [5.41, 5.74) is 10.6. The molecule has 1 aromatic heterocycles. The molecule has 0 bridgehead atoms. The van der Waals surface area contributed by atoms with E-state index in [0.29, 0.717) is 30.2 Å². The van der Waals surface area contributed by atoms with Gasteiger partial charge in [0.15, 0.2) is 23.5 Å². The Hall–Kier alpha value is -4.68. The molecule has 11 nitrogen and oxygen atoms in total. The van der Waals surface area contributed by atoms with Crippen LogP contribution < -0.4 is 15.9 Å². The number of nitrogens with two attached hydrogens (primary N) is 1. The highest BCUT2D eigenvalue weighted by Gasteiger charge is 2.35. The van der Waals surface area contributed by atoms with Crippen molar-refractivity contribution in [3.63, 3.8) is 0 Å². The lowest BCUT2D eigenvalue weighted by molar-refractivity contribution is -0.122. The third-order valence-corrected chi connectivity index (χ3v) is 7.46. The number of benzene rings is 2. The molecular formula is C30H35F2N7O4. The number of carbonyl (C=O) groups excluding carboxylic acids is 2. The number of hydrazine groups is 1. The van der Waals surface area contributed by atoms with E-state index in [1.54, 1.807) is 22.8 Å². The highest BCUT2D eigenvalue weighted by molar-refractivity contribution is 5.82. The molecule has 1 atom stereocenters. The van der Waals surface area contributed by atoms with E-state index in [1.807, 2.05) is 39.0 Å². The van der Waals surface area contributed by atoms with Gasteiger partial charge in [-0.3, -0.25) is 19.8 Å². The van der Waals surface area contributed by atoms with Gasteiger partial charge in [0, 0.05) is 31.4 Å². The summed E-state index contributed by atoms with van der Waals surface area (Å²) in [4.78, 5) is 26.8. The standard InChI is InChI=1S/C30H35F2N7O4/c1-30(2,3)43-29(41)37-12-10-18(11-13-37)19-8-9-23(24(15-19)42-4)36-39-16-21(14-20-6-5-7-22(31)25(20)32)38-17-34-35-28(38)26(39)27(33)40/h5-9,15-18,26,36H,10-14H2,1-4H3,(H2,33,40). The Balaban J connectivity index is 1.37. The number of hydrogen-bond donors (Lipinski definition) is 2. The van der Waals surface area contributed by atoms with Gasteiger partial charge in [-0.25, -0.2) is 13.6 Å². The van der Waals surface area contributed by atoms with Gasteiger partial charge < -0.3 is 20.1 Å². The van der Waals surface area contributed by atoms with Gasteiger partial charge in [-0.2, -0.15) is 0 Å². The van der Waals surface area contributed by atoms with Gasteiger partial charge in [0.05, 0.1) is 12.8 Å². The Kier molecular flexibility index (Phi) is 8.25. The summed E-state index contributed by atoms with van der Waals surface area (Å²) in [5, 5.41) is 9.49. The van der Waals surface area contributed by atoms with E-state index in [-0.39, 0.29) is 29.8 Å². The minimum Gasteiger partial charge on any atom is -0.495 e. The average molecular weight is 596 g/mol. The summed E-state index contributed by atoms with van der Waals surface area (Å²) >= 11 is 0. The minimum atomic E-state index is -1.05. The predicted octanol–water partition coefficient (Wildman–Crippen LogP) is 4.59. The molecule has 0 spiro atoms. The molecular weight excluding hydrogens is 560 g/mol. The largest absolute Gasteiger partial charge is 0.495 e. The number of ether oxygens (including phenoxy) is 2. The number of aromatic nitrogens is 3. The van der Waals surface area contributed by atoms with E-state index < -0.39 is 29.2 Å². The highest BCUT2D eigenvalue weighted by atomic mass is 19.2. The van der Waals surface area contributed by atoms with Crippen molar-refractivity contribution in [2.24, 2.45) is 5.73 Å². The number of allylic oxidation sites excluding steroid dienone is 1. The normalized spacial score (nSPS) is 17.3. The molecule has 2 aliphatic heterocycles. The zero-order valence-corrected chi connectivity index (χ0v) is 24.5. The lowest BCUT2D eigenvalue weighted by atomic mass is 9.89. The third kappa shape index (κ3) is 6.40. The molecule has 1 fully saturated rings. The van der Waals surface area contributed by atoms with Crippen LogP contribution >= 0.6 is 0 Å². The van der Waals surface area contributed by atoms with Crippen LogP contribution in [0.1, 0.15) is 62.5 Å². The molecule has 3 aromatic rings. The van der Waals surface area contributed by atoms with E-state index in [2.05, 4.69) is 15.6 Å². The van der Waals surface area contributed by atoms with Crippen LogP contribution in [0.25, 0.3) is 5.70 Å². The maximum Gasteiger partial charge on any atom is 0.410 e. The zero-order valence-electron chi connectivity index (χ0n) is 24.5. The van der Waals surface area contributed by atoms with Crippen LogP contribution in [-0.4, -0.2) is 62.5 Å². The fourth-order valence-corrected chi connectivity index (χ4v) is 5.36. The molecule has 5 rings (SSSR count). The Morgan fingerprint density at radius 1 is 1.14 bits per heavy atom. The van der Waals surface area contributed by atoms with Gasteiger partial charge in [-0.15, -0.1) is 10.2 Å². The van der Waals surface area contributed by atoms with Crippen molar-refractivity contribution in [1.29, 1.82) is 0 Å². The number of primary amides is 1. The molecule has 228 valence electrons. The van der Waals surface area contributed by atoms with E-state index in [4.69, 9.17) is 15.2 Å². The number of fused-ring (bicyclic) bond motifs is 1. The summed E-state index contributed by atoms with van der Waals surface area (Å²) in [6.07, 6.45) is 4.21. The molecule has 0 aliphatic carbocycles. The van der Waals surface area contributed by atoms with E-state index in [9.17, 15) is 18.4 Å². The van der Waals surface area contributed by atoms with E-state index in [0.717, 1.165) is 24.5 Å². The number of halogens is 2. The molecule has 2 aliphatic rings. The van der Waals surface area contributed by atoms with Gasteiger partial charge >= 0.3 is 6.09 Å². The molecule has 13 heteroatoms. The van der Waals surface area contributed by atoms with Crippen LogP contribution in [0, 0.1) is 11.6 Å². The highest BCUT2D eigenvalue weighted by Crippen LogP contribution is 2.37. The lowest BCUT2D eigenvalue weighted by Gasteiger charge is -2.35. The maximum absolute atomic E-state index is 14.5. The van der Waals surface area contributed by atoms with Gasteiger partial charge in [-0.05, 0) is 68.9 Å². The summed E-state index contributed by atoms with van der Waals surface area (Å²) in [5.74, 6) is -1.65. The van der Waals surface area contributed by atoms with Gasteiger partial charge in [0.25, 0.3) is 0 Å². The summed E-state index contributed by atoms with van der Waals surface area (Å²) in [6.45, 7) is 6.70. The van der Waals surface area contributed by atoms with Crippen molar-refractivity contribution in [2.75, 3.05) is 25.6 Å². The predicted molar refractivity (Wildman–Crippen MR) is 155 cm³/mol. The smallest absolute Gasteiger partial charge is 0.410 e. The second-order valence-electron chi connectivity index (χ2n) is 11.6. The van der Waals surface area contributed by atoms with Crippen LogP contribution in [0.4, 0.5) is 19.3 Å². The summed E-state index contributed by atoms with van der Waals surface area (Å²) in [7, 11) is 1.54. The van der Waals surface area contributed by atoms with Gasteiger partial charge in [0.2, 0.25) is 5.91 Å². The maximum atomic E-state index is 14.5. The molecule has 3 heterocycles. The van der Waals surface area contributed by atoms with Crippen LogP contribution in [0.5, 0.6) is 5.75 Å². The molecule has 43 heavy (non-hydrogen) atoms. The number of nitrogens with one attached hydrogen (secondary N) is 1. The van der Waals surface area contributed by atoms with Crippen molar-refractivity contribution >= 4 is 23.4 Å². The first kappa shape index (κ1) is 29.8. The van der Waals surface area contributed by atoms with Crippen molar-refractivity contribution in [1.82, 2.24) is 24.7 Å². The Morgan fingerprint density at radius 2 is 1.88 bits per heavy atom. The second kappa shape index (κ2) is 11.9. The number of methoxy groups -OCH3 is 1. The van der Waals surface area contributed by atoms with E-state index >= 15 is 0 Å². The average Bonchev–Trinajstić information content (AvgIpc) is 3.44. The first-order valence-electron chi connectivity index (χ1n) is 14.0. The Bertz CT molecular complexity index is 1540. The van der Waals surface area contributed by atoms with Crippen LogP contribution in [0.15, 0.2) is 48.9 Å². The molecule has 3 N–H and O–H groups in total. The molecule has 0 radical (unpaired) electrons. The third-order valence-electron chi connectivity index (χ3n) is 7.46. The number of rotatable bonds is 7. The zero-order chi connectivity index (χ0) is 30.9. The van der Waals surface area contributed by atoms with Crippen LogP contribution in [0.3, 0.4) is 0 Å². The Morgan fingerprint density at radius 3 is 2.56 bits per heavy atom. The number of hydrogen-bond acceptors (Lipinski definition) is 8. The fraction of sp³-hybridized carbons (Fsp3) is 0.400. The second-order valence-corrected chi connectivity index (χ2v) is 11.6. The molecule has 2 amide bonds. The number of anilines is 1. The van der Waals surface area contributed by atoms with Crippen molar-refractivity contribution < 1.29 is 27.8 Å². The number of nitrogens with zero attached hydrogens (tertiary/aromatic N) is 5. The molecule has 1 unspecified atom stereocenters. The minimum absolute atomic E-state index is 0.00361. The van der Waals surface area contributed by atoms with Gasteiger partial charge in [-0.1, -0.05) is 18.2 Å². The fourth-order valence-electron chi connectivity index (χ4n) is 5.36. The van der Waals surface area contributed by atoms with Crippen LogP contribution in [0.2, 0.25) is 0 Å². The first-order chi connectivity index (χ1) is 20.4. The van der Waals surface area contributed by atoms with Crippen molar-refractivity contribution in [3.8, 4) is 5.75 Å². The summed E-state index contributed by atoms with van der Waals surface area (Å²) < 4.78 is 41.2. The van der Waals surface area contributed by atoms with Crippen molar-refractivity contribution in [3.05, 3.63) is 77.5 Å². The molecule has 2 aromatic carbocycles. The lowest BCUT2D eigenvalue weighted by Crippen LogP contribution is -2.42. The van der Waals surface area contributed by atoms with Crippen molar-refractivity contribution in [2.45, 2.75) is 57.6 Å². The quantitative estimate of drug-likeness (QED) is 0.406. The van der Waals surface area contributed by atoms with Gasteiger partial charge in [0.1, 0.15) is 17.7 Å². The SMILES string of the molecule is COc1cc(C2CCN(C(=O)OC(C)(C)C)CC2)ccc1NN1C=C(Cc2cccc(F)c2F)n2cnnc2C1C(N)=O. The molecule has 1 saturated heterocycles.